The third-order valence-electron chi connectivity index (χ3n) is 3.36. The Hall–Kier alpha value is -1.89. The second kappa shape index (κ2) is 6.71. The van der Waals surface area contributed by atoms with E-state index >= 15 is 0 Å². The molecule has 0 bridgehead atoms. The molecule has 0 aromatic heterocycles. The van der Waals surface area contributed by atoms with Gasteiger partial charge in [-0.3, -0.25) is 9.59 Å². The Labute approximate surface area is 123 Å². The van der Waals surface area contributed by atoms with E-state index in [0.29, 0.717) is 18.5 Å². The summed E-state index contributed by atoms with van der Waals surface area (Å²) in [7, 11) is -2.93. The number of benzene rings is 1. The van der Waals surface area contributed by atoms with E-state index in [0.717, 1.165) is 0 Å². The third-order valence-corrected chi connectivity index (χ3v) is 5.20. The Morgan fingerprint density at radius 2 is 1.86 bits per heavy atom. The Morgan fingerprint density at radius 1 is 1.14 bits per heavy atom. The highest BCUT2D eigenvalue weighted by molar-refractivity contribution is 7.91. The molecule has 1 aromatic rings. The lowest BCUT2D eigenvalue weighted by Gasteiger charge is -2.10. The van der Waals surface area contributed by atoms with Gasteiger partial charge in [-0.1, -0.05) is 18.2 Å². The molecule has 7 heteroatoms. The van der Waals surface area contributed by atoms with Crippen LogP contribution in [0.4, 0.5) is 0 Å². The summed E-state index contributed by atoms with van der Waals surface area (Å²) in [5.41, 5.74) is 0.493. The molecule has 1 unspecified atom stereocenters. The molecular weight excluding hydrogens is 292 g/mol. The molecule has 1 aliphatic heterocycles. The van der Waals surface area contributed by atoms with Crippen molar-refractivity contribution in [1.29, 1.82) is 0 Å². The van der Waals surface area contributed by atoms with Crippen molar-refractivity contribution in [1.82, 2.24) is 10.6 Å². The van der Waals surface area contributed by atoms with Crippen LogP contribution in [0.25, 0.3) is 0 Å². The van der Waals surface area contributed by atoms with Gasteiger partial charge in [-0.25, -0.2) is 8.42 Å². The van der Waals surface area contributed by atoms with Gasteiger partial charge in [0.2, 0.25) is 5.91 Å². The van der Waals surface area contributed by atoms with E-state index in [1.165, 1.54) is 0 Å². The summed E-state index contributed by atoms with van der Waals surface area (Å²) in [5.74, 6) is -0.330. The van der Waals surface area contributed by atoms with Crippen LogP contribution in [-0.2, 0) is 14.6 Å². The first kappa shape index (κ1) is 15.5. The molecule has 1 saturated heterocycles. The van der Waals surface area contributed by atoms with Crippen LogP contribution < -0.4 is 10.6 Å². The van der Waals surface area contributed by atoms with Gasteiger partial charge in [0.15, 0.2) is 9.84 Å². The number of carbonyl (C=O) groups excluding carboxylic acids is 2. The summed E-state index contributed by atoms with van der Waals surface area (Å²) in [6.07, 6.45) is 0.582. The largest absolute Gasteiger partial charge is 0.354 e. The maximum Gasteiger partial charge on any atom is 0.251 e. The Morgan fingerprint density at radius 3 is 2.48 bits per heavy atom. The number of sulfone groups is 1. The predicted molar refractivity (Wildman–Crippen MR) is 78.5 cm³/mol. The van der Waals surface area contributed by atoms with Crippen LogP contribution in [0.5, 0.6) is 0 Å². The minimum Gasteiger partial charge on any atom is -0.354 e. The van der Waals surface area contributed by atoms with Crippen LogP contribution >= 0.6 is 0 Å². The van der Waals surface area contributed by atoms with Crippen LogP contribution in [0, 0.1) is 5.92 Å². The fraction of sp³-hybridized carbons (Fsp3) is 0.429. The van der Waals surface area contributed by atoms with Gasteiger partial charge >= 0.3 is 0 Å². The van der Waals surface area contributed by atoms with Crippen LogP contribution in [-0.4, -0.2) is 44.8 Å². The highest BCUT2D eigenvalue weighted by Crippen LogP contribution is 2.17. The number of rotatable bonds is 5. The molecule has 0 saturated carbocycles. The smallest absolute Gasteiger partial charge is 0.251 e. The Kier molecular flexibility index (Phi) is 4.95. The number of carbonyl (C=O) groups is 2. The van der Waals surface area contributed by atoms with Gasteiger partial charge in [-0.2, -0.15) is 0 Å². The number of hydrogen-bond donors (Lipinski definition) is 2. The molecule has 0 radical (unpaired) electrons. The lowest BCUT2D eigenvalue weighted by Crippen LogP contribution is -2.39. The van der Waals surface area contributed by atoms with Crippen LogP contribution in [0.3, 0.4) is 0 Å². The first-order valence-electron chi connectivity index (χ1n) is 6.77. The number of hydrogen-bond acceptors (Lipinski definition) is 4. The molecular formula is C14H18N2O4S. The topological polar surface area (TPSA) is 92.3 Å². The molecule has 6 nitrogen and oxygen atoms in total. The van der Waals surface area contributed by atoms with Crippen molar-refractivity contribution in [3.8, 4) is 0 Å². The SMILES string of the molecule is O=C(CNC(=O)c1ccccc1)NCC1CCS(=O)(=O)C1. The zero-order valence-electron chi connectivity index (χ0n) is 11.5. The average Bonchev–Trinajstić information content (AvgIpc) is 2.83. The normalized spacial score (nSPS) is 19.9. The van der Waals surface area contributed by atoms with E-state index in [-0.39, 0.29) is 35.8 Å². The van der Waals surface area contributed by atoms with E-state index in [1.54, 1.807) is 30.3 Å². The lowest BCUT2D eigenvalue weighted by molar-refractivity contribution is -0.120. The molecule has 21 heavy (non-hydrogen) atoms. The molecule has 114 valence electrons. The summed E-state index contributed by atoms with van der Waals surface area (Å²) in [6, 6.07) is 8.62. The second-order valence-electron chi connectivity index (χ2n) is 5.12. The zero-order valence-corrected chi connectivity index (χ0v) is 12.4. The van der Waals surface area contributed by atoms with Crippen molar-refractivity contribution in [3.05, 3.63) is 35.9 Å². The molecule has 1 aromatic carbocycles. The van der Waals surface area contributed by atoms with Gasteiger partial charge < -0.3 is 10.6 Å². The fourth-order valence-electron chi connectivity index (χ4n) is 2.21. The third kappa shape index (κ3) is 4.86. The summed E-state index contributed by atoms with van der Waals surface area (Å²) in [5, 5.41) is 5.17. The lowest BCUT2D eigenvalue weighted by atomic mass is 10.1. The Balaban J connectivity index is 1.70. The van der Waals surface area contributed by atoms with Gasteiger partial charge in [0, 0.05) is 12.1 Å². The van der Waals surface area contributed by atoms with Crippen LogP contribution in [0.2, 0.25) is 0 Å². The molecule has 1 fully saturated rings. The summed E-state index contributed by atoms with van der Waals surface area (Å²) in [6.45, 7) is 0.215. The van der Waals surface area contributed by atoms with Gasteiger partial charge in [0.05, 0.1) is 18.1 Å². The van der Waals surface area contributed by atoms with Crippen LogP contribution in [0.1, 0.15) is 16.8 Å². The van der Waals surface area contributed by atoms with Crippen molar-refractivity contribution in [2.75, 3.05) is 24.6 Å². The van der Waals surface area contributed by atoms with E-state index in [4.69, 9.17) is 0 Å². The van der Waals surface area contributed by atoms with E-state index < -0.39 is 9.84 Å². The van der Waals surface area contributed by atoms with E-state index in [9.17, 15) is 18.0 Å². The maximum atomic E-state index is 11.7. The second-order valence-corrected chi connectivity index (χ2v) is 7.35. The van der Waals surface area contributed by atoms with E-state index in [2.05, 4.69) is 10.6 Å². The predicted octanol–water partition coefficient (Wildman–Crippen LogP) is -0.0327. The molecule has 0 aliphatic carbocycles. The molecule has 2 rings (SSSR count). The molecule has 1 aliphatic rings. The fourth-order valence-corrected chi connectivity index (χ4v) is 4.07. The van der Waals surface area contributed by atoms with E-state index in [1.807, 2.05) is 0 Å². The minimum atomic E-state index is -2.93. The standard InChI is InChI=1S/C14H18N2O4S/c17-13(15-8-11-6-7-21(19,20)10-11)9-16-14(18)12-4-2-1-3-5-12/h1-5,11H,6-10H2,(H,15,17)(H,16,18). The summed E-state index contributed by atoms with van der Waals surface area (Å²) < 4.78 is 22.6. The van der Waals surface area contributed by atoms with Gasteiger partial charge in [0.1, 0.15) is 0 Å². The molecule has 2 N–H and O–H groups in total. The quantitative estimate of drug-likeness (QED) is 0.798. The average molecular weight is 310 g/mol. The van der Waals surface area contributed by atoms with Crippen molar-refractivity contribution < 1.29 is 18.0 Å². The molecule has 1 atom stereocenters. The van der Waals surface area contributed by atoms with Crippen LogP contribution in [0.15, 0.2) is 30.3 Å². The maximum absolute atomic E-state index is 11.7. The minimum absolute atomic E-state index is 0.0243. The molecule has 2 amide bonds. The van der Waals surface area contributed by atoms with Crippen molar-refractivity contribution >= 4 is 21.7 Å². The van der Waals surface area contributed by atoms with Gasteiger partial charge in [-0.05, 0) is 24.5 Å². The first-order chi connectivity index (χ1) is 9.96. The monoisotopic (exact) mass is 310 g/mol. The Bertz CT molecular complexity index is 613. The first-order valence-corrected chi connectivity index (χ1v) is 8.59. The highest BCUT2D eigenvalue weighted by Gasteiger charge is 2.27. The summed E-state index contributed by atoms with van der Waals surface area (Å²) in [4.78, 5) is 23.3. The van der Waals surface area contributed by atoms with Crippen molar-refractivity contribution in [2.24, 2.45) is 5.92 Å². The van der Waals surface area contributed by atoms with Crippen molar-refractivity contribution in [3.63, 3.8) is 0 Å². The molecule has 0 spiro atoms. The number of amides is 2. The van der Waals surface area contributed by atoms with Gasteiger partial charge in [0.25, 0.3) is 5.91 Å². The van der Waals surface area contributed by atoms with Gasteiger partial charge in [-0.15, -0.1) is 0 Å². The van der Waals surface area contributed by atoms with Crippen molar-refractivity contribution in [2.45, 2.75) is 6.42 Å². The summed E-state index contributed by atoms with van der Waals surface area (Å²) >= 11 is 0. The molecule has 1 heterocycles. The number of nitrogens with one attached hydrogen (secondary N) is 2. The zero-order chi connectivity index (χ0) is 15.3. The highest BCUT2D eigenvalue weighted by atomic mass is 32.2.